The van der Waals surface area contributed by atoms with Gasteiger partial charge in [-0.3, -0.25) is 20.0 Å². The molecular weight excluding hydrogens is 182 g/mol. The molecule has 1 aromatic heterocycles. The van der Waals surface area contributed by atoms with Gasteiger partial charge < -0.3 is 0 Å². The number of amides is 2. The SMILES string of the molecule is CC.Cc1[nH]nc2c1CC(=O)NC2=O. The molecule has 2 heterocycles. The molecular formula is C9H13N3O2. The Hall–Kier alpha value is -1.65. The number of hydrogen-bond acceptors (Lipinski definition) is 3. The predicted molar refractivity (Wildman–Crippen MR) is 50.8 cm³/mol. The van der Waals surface area contributed by atoms with Crippen LogP contribution >= 0.6 is 0 Å². The Bertz CT molecular complexity index is 368. The number of H-pyrrole nitrogens is 1. The molecule has 2 N–H and O–H groups in total. The van der Waals surface area contributed by atoms with Crippen LogP contribution in [0.1, 0.15) is 35.6 Å². The maximum atomic E-state index is 11.1. The zero-order chi connectivity index (χ0) is 10.7. The maximum Gasteiger partial charge on any atom is 0.278 e. The molecule has 5 heteroatoms. The molecule has 1 aliphatic heterocycles. The monoisotopic (exact) mass is 195 g/mol. The van der Waals surface area contributed by atoms with Gasteiger partial charge in [-0.15, -0.1) is 0 Å². The van der Waals surface area contributed by atoms with Crippen molar-refractivity contribution in [1.82, 2.24) is 15.5 Å². The van der Waals surface area contributed by atoms with Crippen molar-refractivity contribution < 1.29 is 9.59 Å². The van der Waals surface area contributed by atoms with Crippen LogP contribution in [0, 0.1) is 6.92 Å². The molecule has 14 heavy (non-hydrogen) atoms. The molecule has 2 rings (SSSR count). The molecule has 0 radical (unpaired) electrons. The summed E-state index contributed by atoms with van der Waals surface area (Å²) < 4.78 is 0. The van der Waals surface area contributed by atoms with Gasteiger partial charge in [0.2, 0.25) is 5.91 Å². The molecule has 0 fully saturated rings. The summed E-state index contributed by atoms with van der Waals surface area (Å²) in [6.45, 7) is 5.79. The second-order valence-electron chi connectivity index (χ2n) is 2.73. The van der Waals surface area contributed by atoms with Crippen LogP contribution < -0.4 is 5.32 Å². The lowest BCUT2D eigenvalue weighted by Gasteiger charge is -2.09. The van der Waals surface area contributed by atoms with Crippen LogP contribution in [-0.4, -0.2) is 22.0 Å². The van der Waals surface area contributed by atoms with Crippen LogP contribution in [0.25, 0.3) is 0 Å². The highest BCUT2D eigenvalue weighted by Gasteiger charge is 2.26. The van der Waals surface area contributed by atoms with E-state index < -0.39 is 5.91 Å². The van der Waals surface area contributed by atoms with Gasteiger partial charge in [0.05, 0.1) is 6.42 Å². The minimum atomic E-state index is -0.411. The first-order valence-corrected chi connectivity index (χ1v) is 4.56. The molecule has 0 saturated heterocycles. The third-order valence-corrected chi connectivity index (χ3v) is 1.88. The summed E-state index contributed by atoms with van der Waals surface area (Å²) in [5.41, 5.74) is 1.84. The first-order valence-electron chi connectivity index (χ1n) is 4.56. The van der Waals surface area contributed by atoms with E-state index in [4.69, 9.17) is 0 Å². The number of imide groups is 1. The molecule has 0 saturated carbocycles. The molecule has 1 aromatic rings. The van der Waals surface area contributed by atoms with Crippen LogP contribution in [0.3, 0.4) is 0 Å². The van der Waals surface area contributed by atoms with Gasteiger partial charge in [-0.1, -0.05) is 13.8 Å². The van der Waals surface area contributed by atoms with Crippen molar-refractivity contribution in [3.8, 4) is 0 Å². The number of nitrogens with one attached hydrogen (secondary N) is 2. The van der Waals surface area contributed by atoms with Gasteiger partial charge in [0, 0.05) is 11.3 Å². The molecule has 0 atom stereocenters. The topological polar surface area (TPSA) is 74.8 Å². The second kappa shape index (κ2) is 4.04. The third kappa shape index (κ3) is 1.66. The Morgan fingerprint density at radius 2 is 1.93 bits per heavy atom. The van der Waals surface area contributed by atoms with Gasteiger partial charge in [0.25, 0.3) is 5.91 Å². The first kappa shape index (κ1) is 10.4. The van der Waals surface area contributed by atoms with Crippen molar-refractivity contribution in [1.29, 1.82) is 0 Å². The average Bonchev–Trinajstić information content (AvgIpc) is 2.52. The van der Waals surface area contributed by atoms with Gasteiger partial charge in [-0.05, 0) is 6.92 Å². The van der Waals surface area contributed by atoms with Gasteiger partial charge >= 0.3 is 0 Å². The number of carbonyl (C=O) groups is 2. The van der Waals surface area contributed by atoms with E-state index in [1.165, 1.54) is 0 Å². The molecule has 2 amide bonds. The number of aromatic amines is 1. The number of nitrogens with zero attached hydrogens (tertiary/aromatic N) is 1. The highest BCUT2D eigenvalue weighted by molar-refractivity contribution is 6.08. The third-order valence-electron chi connectivity index (χ3n) is 1.88. The van der Waals surface area contributed by atoms with E-state index in [9.17, 15) is 9.59 Å². The quantitative estimate of drug-likeness (QED) is 0.594. The first-order chi connectivity index (χ1) is 6.68. The summed E-state index contributed by atoms with van der Waals surface area (Å²) in [4.78, 5) is 22.0. The second-order valence-corrected chi connectivity index (χ2v) is 2.73. The zero-order valence-electron chi connectivity index (χ0n) is 8.47. The Morgan fingerprint density at radius 1 is 1.29 bits per heavy atom. The van der Waals surface area contributed by atoms with E-state index in [2.05, 4.69) is 15.5 Å². The Balaban J connectivity index is 0.000000461. The number of fused-ring (bicyclic) bond motifs is 1. The van der Waals surface area contributed by atoms with Gasteiger partial charge in [0.1, 0.15) is 0 Å². The van der Waals surface area contributed by atoms with Crippen molar-refractivity contribution in [3.63, 3.8) is 0 Å². The van der Waals surface area contributed by atoms with Crippen LogP contribution in [0.4, 0.5) is 0 Å². The Kier molecular flexibility index (Phi) is 3.01. The molecule has 76 valence electrons. The minimum Gasteiger partial charge on any atom is -0.291 e. The lowest BCUT2D eigenvalue weighted by Crippen LogP contribution is -2.37. The molecule has 0 aromatic carbocycles. The number of aromatic nitrogens is 2. The highest BCUT2D eigenvalue weighted by atomic mass is 16.2. The molecule has 0 aliphatic carbocycles. The minimum absolute atomic E-state index is 0.239. The largest absolute Gasteiger partial charge is 0.291 e. The fourth-order valence-electron chi connectivity index (χ4n) is 1.25. The Morgan fingerprint density at radius 3 is 2.57 bits per heavy atom. The Labute approximate surface area is 81.9 Å². The van der Waals surface area contributed by atoms with Crippen molar-refractivity contribution in [2.45, 2.75) is 27.2 Å². The van der Waals surface area contributed by atoms with Crippen LogP contribution in [0.2, 0.25) is 0 Å². The van der Waals surface area contributed by atoms with Crippen molar-refractivity contribution >= 4 is 11.8 Å². The summed E-state index contributed by atoms with van der Waals surface area (Å²) >= 11 is 0. The average molecular weight is 195 g/mol. The lowest BCUT2D eigenvalue weighted by atomic mass is 10.1. The van der Waals surface area contributed by atoms with E-state index in [0.717, 1.165) is 5.69 Å². The lowest BCUT2D eigenvalue weighted by molar-refractivity contribution is -0.119. The zero-order valence-corrected chi connectivity index (χ0v) is 8.47. The van der Waals surface area contributed by atoms with E-state index >= 15 is 0 Å². The maximum absolute atomic E-state index is 11.1. The van der Waals surface area contributed by atoms with Crippen molar-refractivity contribution in [3.05, 3.63) is 17.0 Å². The summed E-state index contributed by atoms with van der Waals surface area (Å²) in [5.74, 6) is -0.678. The normalized spacial score (nSPS) is 13.9. The van der Waals surface area contributed by atoms with Crippen molar-refractivity contribution in [2.24, 2.45) is 0 Å². The van der Waals surface area contributed by atoms with Crippen molar-refractivity contribution in [2.75, 3.05) is 0 Å². The van der Waals surface area contributed by atoms with Crippen LogP contribution in [0.5, 0.6) is 0 Å². The summed E-state index contributed by atoms with van der Waals surface area (Å²) in [5, 5.41) is 8.64. The summed E-state index contributed by atoms with van der Waals surface area (Å²) in [7, 11) is 0. The van der Waals surface area contributed by atoms with E-state index in [1.807, 2.05) is 13.8 Å². The summed E-state index contributed by atoms with van der Waals surface area (Å²) in [6, 6.07) is 0. The van der Waals surface area contributed by atoms with E-state index in [-0.39, 0.29) is 12.3 Å². The van der Waals surface area contributed by atoms with Gasteiger partial charge in [-0.25, -0.2) is 0 Å². The number of carbonyl (C=O) groups excluding carboxylic acids is 2. The van der Waals surface area contributed by atoms with Crippen LogP contribution in [-0.2, 0) is 11.2 Å². The number of rotatable bonds is 0. The van der Waals surface area contributed by atoms with Gasteiger partial charge in [-0.2, -0.15) is 5.10 Å². The highest BCUT2D eigenvalue weighted by Crippen LogP contribution is 2.14. The standard InChI is InChI=1S/C7H7N3O2.C2H6/c1-3-4-2-5(11)8-7(12)6(4)10-9-3;1-2/h2H2,1H3,(H,9,10)(H,8,11,12);1-2H3. The van der Waals surface area contributed by atoms with Crippen LogP contribution in [0.15, 0.2) is 0 Å². The molecule has 0 bridgehead atoms. The fraction of sp³-hybridized carbons (Fsp3) is 0.444. The van der Waals surface area contributed by atoms with Gasteiger partial charge in [0.15, 0.2) is 5.69 Å². The molecule has 5 nitrogen and oxygen atoms in total. The number of hydrogen-bond donors (Lipinski definition) is 2. The summed E-state index contributed by atoms with van der Waals surface area (Å²) in [6.07, 6.45) is 0.239. The molecule has 1 aliphatic rings. The van der Waals surface area contributed by atoms with E-state index in [0.29, 0.717) is 11.3 Å². The number of aryl methyl sites for hydroxylation is 1. The smallest absolute Gasteiger partial charge is 0.278 e. The predicted octanol–water partition coefficient (Wildman–Crippen LogP) is 0.557. The molecule has 0 unspecified atom stereocenters. The van der Waals surface area contributed by atoms with E-state index in [1.54, 1.807) is 6.92 Å². The molecule has 0 spiro atoms. The fourth-order valence-corrected chi connectivity index (χ4v) is 1.25.